The Bertz CT molecular complexity index is 443. The van der Waals surface area contributed by atoms with Crippen LogP contribution in [0.5, 0.6) is 0 Å². The van der Waals surface area contributed by atoms with Crippen LogP contribution in [0, 0.1) is 11.8 Å². The minimum absolute atomic E-state index is 0. The van der Waals surface area contributed by atoms with E-state index in [2.05, 4.69) is 24.7 Å². The van der Waals surface area contributed by atoms with Crippen molar-refractivity contribution in [3.8, 4) is 0 Å². The van der Waals surface area contributed by atoms with Crippen LogP contribution >= 0.6 is 0 Å². The maximum atomic E-state index is 11.0. The summed E-state index contributed by atoms with van der Waals surface area (Å²) in [5.74, 6) is -0.718. The molecule has 0 fully saturated rings. The van der Waals surface area contributed by atoms with Gasteiger partial charge in [0.25, 0.3) is 0 Å². The fourth-order valence-corrected chi connectivity index (χ4v) is 2.54. The Balaban J connectivity index is -0.000000328. The van der Waals surface area contributed by atoms with Crippen LogP contribution in [0.15, 0.2) is 23.3 Å². The van der Waals surface area contributed by atoms with Gasteiger partial charge in [-0.3, -0.25) is 9.59 Å². The Labute approximate surface area is 158 Å². The molecule has 134 valence electrons. The van der Waals surface area contributed by atoms with E-state index in [0.29, 0.717) is 0 Å². The van der Waals surface area contributed by atoms with Gasteiger partial charge in [-0.1, -0.05) is 30.7 Å². The Hall–Kier alpha value is -1.02. The minimum atomic E-state index is -0.649. The van der Waals surface area contributed by atoms with Crippen LogP contribution in [0.1, 0.15) is 59.8 Å². The second kappa shape index (κ2) is 14.3. The maximum Gasteiger partial charge on any atom is 1.00 e. The number of hydrogen-bond donors (Lipinski definition) is 1. The molecule has 2 atom stereocenters. The number of carbonyl (C=O) groups excluding carboxylic acids is 1. The molecule has 6 heteroatoms. The second-order valence-corrected chi connectivity index (χ2v) is 5.90. The first kappa shape index (κ1) is 27.8. The molecule has 0 aromatic carbocycles. The average molecular weight is 334 g/mol. The summed E-state index contributed by atoms with van der Waals surface area (Å²) in [4.78, 5) is 21.5. The van der Waals surface area contributed by atoms with Crippen LogP contribution in [0.3, 0.4) is 0 Å². The van der Waals surface area contributed by atoms with Crippen molar-refractivity contribution in [1.82, 2.24) is 0 Å². The molecule has 0 saturated carbocycles. The Kier molecular flexibility index (Phi) is 16.6. The zero-order valence-electron chi connectivity index (χ0n) is 14.7. The molecule has 0 spiro atoms. The van der Waals surface area contributed by atoms with Gasteiger partial charge in [-0.2, -0.15) is 0 Å². The van der Waals surface area contributed by atoms with Gasteiger partial charge in [0.05, 0.1) is 18.9 Å². The summed E-state index contributed by atoms with van der Waals surface area (Å²) in [5.41, 5.74) is 2.72. The fourth-order valence-electron chi connectivity index (χ4n) is 2.54. The number of aliphatic carboxylic acids is 1. The monoisotopic (exact) mass is 334 g/mol. The molecule has 0 aromatic rings. The summed E-state index contributed by atoms with van der Waals surface area (Å²) in [6, 6.07) is 0. The van der Waals surface area contributed by atoms with Crippen LogP contribution in [-0.4, -0.2) is 29.6 Å². The number of carboxylic acids is 1. The molecule has 0 aliphatic heterocycles. The van der Waals surface area contributed by atoms with Crippen molar-refractivity contribution < 1.29 is 43.8 Å². The summed E-state index contributed by atoms with van der Waals surface area (Å²) in [5, 5.41) is 8.60. The average Bonchev–Trinajstić information content (AvgIpc) is 2.48. The van der Waals surface area contributed by atoms with Crippen molar-refractivity contribution in [1.29, 1.82) is 0 Å². The van der Waals surface area contributed by atoms with E-state index in [-0.39, 0.29) is 49.6 Å². The SMILES string of the molecule is C.CC1=CCC(C(=O)O)CC1.COC(=O)C1CC=C(C)CC1.[Li+].[OH-]. The predicted molar refractivity (Wildman–Crippen MR) is 90.5 cm³/mol. The predicted octanol–water partition coefficient (Wildman–Crippen LogP) is 1.19. The van der Waals surface area contributed by atoms with Gasteiger partial charge in [0.1, 0.15) is 0 Å². The van der Waals surface area contributed by atoms with Gasteiger partial charge >= 0.3 is 30.8 Å². The first-order valence-electron chi connectivity index (χ1n) is 7.56. The summed E-state index contributed by atoms with van der Waals surface area (Å²) >= 11 is 0. The van der Waals surface area contributed by atoms with E-state index < -0.39 is 5.97 Å². The number of carboxylic acid groups (broad SMARTS) is 1. The van der Waals surface area contributed by atoms with Crippen LogP contribution in [-0.2, 0) is 14.3 Å². The van der Waals surface area contributed by atoms with E-state index in [9.17, 15) is 9.59 Å². The van der Waals surface area contributed by atoms with Crippen molar-refractivity contribution in [2.45, 2.75) is 59.8 Å². The molecule has 2 aliphatic carbocycles. The number of esters is 1. The van der Waals surface area contributed by atoms with Gasteiger partial charge in [-0.05, 0) is 52.4 Å². The molecule has 0 radical (unpaired) electrons. The normalized spacial score (nSPS) is 21.8. The molecule has 0 heterocycles. The largest absolute Gasteiger partial charge is 1.00 e. The number of ether oxygens (including phenoxy) is 1. The van der Waals surface area contributed by atoms with Crippen molar-refractivity contribution in [3.05, 3.63) is 23.3 Å². The Morgan fingerprint density at radius 1 is 1.04 bits per heavy atom. The first-order chi connectivity index (χ1) is 9.93. The van der Waals surface area contributed by atoms with Gasteiger partial charge in [-0.15, -0.1) is 0 Å². The molecule has 0 saturated heterocycles. The van der Waals surface area contributed by atoms with E-state index >= 15 is 0 Å². The molecule has 0 bridgehead atoms. The Morgan fingerprint density at radius 3 is 1.75 bits per heavy atom. The van der Waals surface area contributed by atoms with E-state index in [1.54, 1.807) is 0 Å². The molecular weight excluding hydrogens is 303 g/mol. The van der Waals surface area contributed by atoms with E-state index in [1.807, 2.05) is 6.08 Å². The molecule has 5 nitrogen and oxygen atoms in total. The molecule has 2 N–H and O–H groups in total. The van der Waals surface area contributed by atoms with Crippen molar-refractivity contribution in [2.75, 3.05) is 7.11 Å². The molecule has 2 aliphatic rings. The summed E-state index contributed by atoms with van der Waals surface area (Å²) < 4.78 is 4.66. The van der Waals surface area contributed by atoms with Crippen molar-refractivity contribution >= 4 is 11.9 Å². The van der Waals surface area contributed by atoms with Crippen LogP contribution < -0.4 is 18.9 Å². The second-order valence-electron chi connectivity index (χ2n) is 5.90. The van der Waals surface area contributed by atoms with Crippen LogP contribution in [0.2, 0.25) is 0 Å². The third kappa shape index (κ3) is 9.97. The van der Waals surface area contributed by atoms with Gasteiger partial charge < -0.3 is 15.3 Å². The molecular formula is C18H31LiO5. The zero-order valence-corrected chi connectivity index (χ0v) is 14.7. The summed E-state index contributed by atoms with van der Waals surface area (Å²) in [6.07, 6.45) is 9.51. The zero-order chi connectivity index (χ0) is 15.8. The van der Waals surface area contributed by atoms with Crippen molar-refractivity contribution in [2.24, 2.45) is 11.8 Å². The number of methoxy groups -OCH3 is 1. The van der Waals surface area contributed by atoms with Gasteiger partial charge in [-0.25, -0.2) is 0 Å². The van der Waals surface area contributed by atoms with Crippen LogP contribution in [0.4, 0.5) is 0 Å². The van der Waals surface area contributed by atoms with Gasteiger partial charge in [0, 0.05) is 0 Å². The molecule has 24 heavy (non-hydrogen) atoms. The minimum Gasteiger partial charge on any atom is -0.870 e. The quantitative estimate of drug-likeness (QED) is 0.465. The topological polar surface area (TPSA) is 93.6 Å². The summed E-state index contributed by atoms with van der Waals surface area (Å²) in [7, 11) is 1.45. The number of hydrogen-bond acceptors (Lipinski definition) is 4. The first-order valence-corrected chi connectivity index (χ1v) is 7.56. The summed E-state index contributed by atoms with van der Waals surface area (Å²) in [6.45, 7) is 4.16. The maximum absolute atomic E-state index is 11.0. The fraction of sp³-hybridized carbons (Fsp3) is 0.667. The third-order valence-electron chi connectivity index (χ3n) is 4.16. The number of rotatable bonds is 2. The number of carbonyl (C=O) groups is 2. The molecule has 2 rings (SSSR count). The van der Waals surface area contributed by atoms with E-state index in [4.69, 9.17) is 5.11 Å². The van der Waals surface area contributed by atoms with Crippen molar-refractivity contribution in [3.63, 3.8) is 0 Å². The van der Waals surface area contributed by atoms with Gasteiger partial charge in [0.15, 0.2) is 0 Å². The van der Waals surface area contributed by atoms with E-state index in [1.165, 1.54) is 18.3 Å². The number of allylic oxidation sites excluding steroid dienone is 4. The van der Waals surface area contributed by atoms with E-state index in [0.717, 1.165) is 38.5 Å². The van der Waals surface area contributed by atoms with Crippen LogP contribution in [0.25, 0.3) is 0 Å². The third-order valence-corrected chi connectivity index (χ3v) is 4.16. The van der Waals surface area contributed by atoms with Gasteiger partial charge in [0.2, 0.25) is 0 Å². The Morgan fingerprint density at radius 2 is 1.46 bits per heavy atom. The molecule has 2 unspecified atom stereocenters. The smallest absolute Gasteiger partial charge is 0.870 e. The molecule has 0 aromatic heterocycles. The molecule has 0 amide bonds. The standard InChI is InChI=1S/C9H14O2.C8H12O2.CH4.Li.H2O/c1-7-3-5-8(6-4-7)9(10)11-2;1-6-2-4-7(5-3-6)8(9)10;;;/h3,8H,4-6H2,1-2H3;2,7H,3-5H2,1H3,(H,9,10);1H4;;1H2/q;;;+1;/p-1.